The number of anilines is 3. The lowest BCUT2D eigenvalue weighted by Gasteiger charge is -2.10. The number of nitrogens with one attached hydrogen (secondary N) is 1. The highest BCUT2D eigenvalue weighted by Crippen LogP contribution is 2.42. The number of fused-ring (bicyclic) bond motifs is 1. The van der Waals surface area contributed by atoms with Crippen molar-refractivity contribution in [2.24, 2.45) is 0 Å². The van der Waals surface area contributed by atoms with E-state index in [2.05, 4.69) is 19.8 Å². The van der Waals surface area contributed by atoms with Gasteiger partial charge in [-0.3, -0.25) is 0 Å². The molecule has 0 spiro atoms. The molecular weight excluding hydrogens is 268 g/mol. The topological polar surface area (TPSA) is 69.4 Å². The Kier molecular flexibility index (Phi) is 2.63. The molecule has 0 unspecified atom stereocenters. The Labute approximate surface area is 113 Å². The number of alkyl halides is 2. The molecule has 1 aromatic carbocycles. The number of hydrogen-bond acceptors (Lipinski definition) is 5. The van der Waals surface area contributed by atoms with Crippen LogP contribution in [0.2, 0.25) is 0 Å². The van der Waals surface area contributed by atoms with E-state index in [1.807, 2.05) is 6.92 Å². The molecule has 0 saturated heterocycles. The number of nitrogen functional groups attached to an aromatic ring is 1. The summed E-state index contributed by atoms with van der Waals surface area (Å²) < 4.78 is 34.5. The third kappa shape index (κ3) is 2.18. The van der Waals surface area contributed by atoms with Gasteiger partial charge in [0.25, 0.3) is 0 Å². The minimum absolute atomic E-state index is 0.00859. The Balaban J connectivity index is 1.89. The van der Waals surface area contributed by atoms with Crippen LogP contribution in [-0.4, -0.2) is 11.3 Å². The zero-order chi connectivity index (χ0) is 14.3. The number of aryl methyl sites for hydroxylation is 1. The maximum Gasteiger partial charge on any atom is 0.586 e. The van der Waals surface area contributed by atoms with Crippen molar-refractivity contribution >= 4 is 17.2 Å². The van der Waals surface area contributed by atoms with Gasteiger partial charge in [0, 0.05) is 18.0 Å². The van der Waals surface area contributed by atoms with Gasteiger partial charge in [0.15, 0.2) is 17.3 Å². The van der Waals surface area contributed by atoms with Crippen LogP contribution in [0.3, 0.4) is 0 Å². The van der Waals surface area contributed by atoms with E-state index in [9.17, 15) is 8.78 Å². The van der Waals surface area contributed by atoms with Crippen LogP contribution in [0.5, 0.6) is 11.5 Å². The van der Waals surface area contributed by atoms with Crippen molar-refractivity contribution in [1.29, 1.82) is 0 Å². The molecule has 3 N–H and O–H groups in total. The molecule has 5 nitrogen and oxygen atoms in total. The lowest BCUT2D eigenvalue weighted by Crippen LogP contribution is -2.25. The van der Waals surface area contributed by atoms with Crippen LogP contribution in [0.15, 0.2) is 30.5 Å². The summed E-state index contributed by atoms with van der Waals surface area (Å²) in [5.74, 6) is 0.410. The lowest BCUT2D eigenvalue weighted by molar-refractivity contribution is -0.286. The first-order chi connectivity index (χ1) is 9.44. The molecular formula is C13H11F2N3O2. The van der Waals surface area contributed by atoms with Crippen LogP contribution in [0.4, 0.5) is 26.0 Å². The quantitative estimate of drug-likeness (QED) is 0.884. The maximum atomic E-state index is 12.9. The highest BCUT2D eigenvalue weighted by atomic mass is 19.3. The Bertz CT molecular complexity index is 677. The van der Waals surface area contributed by atoms with Gasteiger partial charge in [0.05, 0.1) is 5.69 Å². The van der Waals surface area contributed by atoms with Gasteiger partial charge in [-0.05, 0) is 30.7 Å². The van der Waals surface area contributed by atoms with Gasteiger partial charge in [0.2, 0.25) is 0 Å². The van der Waals surface area contributed by atoms with Crippen molar-refractivity contribution in [3.05, 3.63) is 36.0 Å². The zero-order valence-electron chi connectivity index (χ0n) is 10.5. The molecule has 104 valence electrons. The van der Waals surface area contributed by atoms with Crippen molar-refractivity contribution in [3.8, 4) is 11.5 Å². The van der Waals surface area contributed by atoms with Crippen LogP contribution in [0, 0.1) is 6.92 Å². The molecule has 3 rings (SSSR count). The number of rotatable bonds is 2. The number of nitrogens with zero attached hydrogens (tertiary/aromatic N) is 1. The average molecular weight is 279 g/mol. The maximum absolute atomic E-state index is 12.9. The fraction of sp³-hybridized carbons (Fsp3) is 0.154. The molecule has 7 heteroatoms. The molecule has 1 aliphatic heterocycles. The van der Waals surface area contributed by atoms with Crippen molar-refractivity contribution in [2.45, 2.75) is 13.2 Å². The van der Waals surface area contributed by atoms with Crippen LogP contribution in [0.1, 0.15) is 5.56 Å². The average Bonchev–Trinajstić information content (AvgIpc) is 2.68. The summed E-state index contributed by atoms with van der Waals surface area (Å²) in [7, 11) is 0. The number of pyridine rings is 1. The smallest absolute Gasteiger partial charge is 0.396 e. The summed E-state index contributed by atoms with van der Waals surface area (Å²) in [5.41, 5.74) is 7.77. The van der Waals surface area contributed by atoms with Gasteiger partial charge in [-0.2, -0.15) is 0 Å². The Hall–Kier alpha value is -2.57. The summed E-state index contributed by atoms with van der Waals surface area (Å²) in [6, 6.07) is 6.15. The van der Waals surface area contributed by atoms with E-state index in [1.54, 1.807) is 18.3 Å². The second-order valence-corrected chi connectivity index (χ2v) is 4.34. The molecule has 0 fully saturated rings. The van der Waals surface area contributed by atoms with E-state index in [1.165, 1.54) is 12.1 Å². The molecule has 1 aromatic heterocycles. The Morgan fingerprint density at radius 2 is 1.95 bits per heavy atom. The Morgan fingerprint density at radius 3 is 2.75 bits per heavy atom. The third-order valence-electron chi connectivity index (χ3n) is 2.87. The third-order valence-corrected chi connectivity index (χ3v) is 2.87. The molecule has 0 bridgehead atoms. The van der Waals surface area contributed by atoms with Crippen molar-refractivity contribution in [3.63, 3.8) is 0 Å². The summed E-state index contributed by atoms with van der Waals surface area (Å²) in [6.45, 7) is 1.85. The standard InChI is InChI=1S/C13H11F2N3O2/c1-7-4-5-17-12(11(7)16)18-8-2-3-9-10(6-8)20-13(14,15)19-9/h2-6H,16H2,1H3,(H,17,18). The van der Waals surface area contributed by atoms with Crippen LogP contribution in [0.25, 0.3) is 0 Å². The van der Waals surface area contributed by atoms with Gasteiger partial charge in [-0.1, -0.05) is 0 Å². The molecule has 0 saturated carbocycles. The summed E-state index contributed by atoms with van der Waals surface area (Å²) in [5, 5.41) is 2.95. The zero-order valence-corrected chi connectivity index (χ0v) is 10.5. The fourth-order valence-electron chi connectivity index (χ4n) is 1.83. The normalized spacial score (nSPS) is 15.2. The van der Waals surface area contributed by atoms with Crippen LogP contribution < -0.4 is 20.5 Å². The minimum Gasteiger partial charge on any atom is -0.396 e. The second kappa shape index (κ2) is 4.22. The number of hydrogen-bond donors (Lipinski definition) is 2. The van der Waals surface area contributed by atoms with Gasteiger partial charge < -0.3 is 20.5 Å². The largest absolute Gasteiger partial charge is 0.586 e. The first-order valence-corrected chi connectivity index (χ1v) is 5.82. The van der Waals surface area contributed by atoms with Crippen LogP contribution in [-0.2, 0) is 0 Å². The molecule has 1 aliphatic rings. The SMILES string of the molecule is Cc1ccnc(Nc2ccc3c(c2)OC(F)(F)O3)c1N. The molecule has 20 heavy (non-hydrogen) atoms. The Morgan fingerprint density at radius 1 is 1.20 bits per heavy atom. The summed E-state index contributed by atoms with van der Waals surface area (Å²) in [6.07, 6.45) is -2.02. The molecule has 0 aliphatic carbocycles. The first kappa shape index (κ1) is 12.5. The molecule has 0 atom stereocenters. The molecule has 2 heterocycles. The summed E-state index contributed by atoms with van der Waals surface area (Å²) >= 11 is 0. The van der Waals surface area contributed by atoms with Crippen molar-refractivity contribution in [1.82, 2.24) is 4.98 Å². The van der Waals surface area contributed by atoms with E-state index in [4.69, 9.17) is 5.73 Å². The van der Waals surface area contributed by atoms with E-state index in [0.717, 1.165) is 5.56 Å². The minimum atomic E-state index is -3.62. The van der Waals surface area contributed by atoms with Crippen molar-refractivity contribution in [2.75, 3.05) is 11.1 Å². The lowest BCUT2D eigenvalue weighted by atomic mass is 10.2. The predicted octanol–water partition coefficient (Wildman–Crippen LogP) is 3.04. The predicted molar refractivity (Wildman–Crippen MR) is 69.3 cm³/mol. The summed E-state index contributed by atoms with van der Waals surface area (Å²) in [4.78, 5) is 4.10. The molecule has 0 amide bonds. The van der Waals surface area contributed by atoms with Crippen LogP contribution >= 0.6 is 0 Å². The number of aromatic nitrogens is 1. The number of halogens is 2. The highest BCUT2D eigenvalue weighted by molar-refractivity contribution is 5.72. The van der Waals surface area contributed by atoms with Gasteiger partial charge in [0.1, 0.15) is 0 Å². The number of benzene rings is 1. The van der Waals surface area contributed by atoms with Crippen molar-refractivity contribution < 1.29 is 18.3 Å². The molecule has 2 aromatic rings. The van der Waals surface area contributed by atoms with E-state index in [-0.39, 0.29) is 11.5 Å². The van der Waals surface area contributed by atoms with E-state index >= 15 is 0 Å². The number of nitrogens with two attached hydrogens (primary N) is 1. The highest BCUT2D eigenvalue weighted by Gasteiger charge is 2.43. The number of ether oxygens (including phenoxy) is 2. The van der Waals surface area contributed by atoms with Gasteiger partial charge in [-0.25, -0.2) is 4.98 Å². The monoisotopic (exact) mass is 279 g/mol. The second-order valence-electron chi connectivity index (χ2n) is 4.34. The van der Waals surface area contributed by atoms with Gasteiger partial charge >= 0.3 is 6.29 Å². The first-order valence-electron chi connectivity index (χ1n) is 5.82. The molecule has 0 radical (unpaired) electrons. The fourth-order valence-corrected chi connectivity index (χ4v) is 1.83. The van der Waals surface area contributed by atoms with Gasteiger partial charge in [-0.15, -0.1) is 8.78 Å². The van der Waals surface area contributed by atoms with E-state index < -0.39 is 6.29 Å². The van der Waals surface area contributed by atoms with E-state index in [0.29, 0.717) is 17.2 Å².